The highest BCUT2D eigenvalue weighted by Gasteiger charge is 2.45. The minimum Gasteiger partial charge on any atom is -0.507 e. The van der Waals surface area contributed by atoms with Gasteiger partial charge in [0, 0.05) is 17.1 Å². The molecule has 1 fully saturated rings. The Kier molecular flexibility index (Phi) is 7.42. The van der Waals surface area contributed by atoms with Crippen LogP contribution in [-0.4, -0.2) is 35.4 Å². The molecule has 7 heteroatoms. The summed E-state index contributed by atoms with van der Waals surface area (Å²) in [6, 6.07) is 20.8. The maximum Gasteiger partial charge on any atom is 0.295 e. The van der Waals surface area contributed by atoms with Gasteiger partial charge < -0.3 is 19.5 Å². The Labute approximate surface area is 209 Å². The fourth-order valence-corrected chi connectivity index (χ4v) is 4.39. The number of nitrogens with zero attached hydrogens (tertiary/aromatic N) is 1. The molecule has 0 saturated carbocycles. The first-order valence-corrected chi connectivity index (χ1v) is 11.7. The molecule has 35 heavy (non-hydrogen) atoms. The van der Waals surface area contributed by atoms with E-state index in [1.165, 1.54) is 4.90 Å². The molecule has 4 rings (SSSR count). The molecule has 1 N–H and O–H groups in total. The Balaban J connectivity index is 1.79. The van der Waals surface area contributed by atoms with Crippen molar-refractivity contribution in [2.45, 2.75) is 26.0 Å². The number of rotatable bonds is 8. The summed E-state index contributed by atoms with van der Waals surface area (Å²) in [6.07, 6.45) is 0.647. The second kappa shape index (κ2) is 10.7. The lowest BCUT2D eigenvalue weighted by Gasteiger charge is -2.25. The Bertz CT molecular complexity index is 1270. The number of halogens is 1. The molecule has 1 amide bonds. The van der Waals surface area contributed by atoms with Crippen molar-refractivity contribution in [1.29, 1.82) is 0 Å². The summed E-state index contributed by atoms with van der Waals surface area (Å²) in [6.45, 7) is 2.60. The molecule has 180 valence electrons. The van der Waals surface area contributed by atoms with Crippen LogP contribution in [0.25, 0.3) is 5.76 Å². The van der Waals surface area contributed by atoms with Gasteiger partial charge in [0.1, 0.15) is 12.4 Å². The Morgan fingerprint density at radius 3 is 2.46 bits per heavy atom. The lowest BCUT2D eigenvalue weighted by atomic mass is 9.95. The van der Waals surface area contributed by atoms with Gasteiger partial charge in [-0.15, -0.1) is 0 Å². The molecule has 1 aliphatic heterocycles. The van der Waals surface area contributed by atoms with E-state index in [9.17, 15) is 14.7 Å². The van der Waals surface area contributed by atoms with Gasteiger partial charge >= 0.3 is 0 Å². The number of benzene rings is 3. The number of ketones is 1. The number of carbonyl (C=O) groups is 2. The second-order valence-electron chi connectivity index (χ2n) is 8.19. The van der Waals surface area contributed by atoms with Crippen molar-refractivity contribution >= 4 is 29.1 Å². The van der Waals surface area contributed by atoms with Gasteiger partial charge in [0.25, 0.3) is 11.7 Å². The molecule has 1 atom stereocenters. The van der Waals surface area contributed by atoms with Crippen LogP contribution in [0.5, 0.6) is 11.5 Å². The fraction of sp³-hybridized carbons (Fsp3) is 0.214. The van der Waals surface area contributed by atoms with Crippen LogP contribution in [0, 0.1) is 0 Å². The number of hydrogen-bond donors (Lipinski definition) is 1. The third kappa shape index (κ3) is 5.03. The normalized spacial score (nSPS) is 17.0. The monoisotopic (exact) mass is 491 g/mol. The van der Waals surface area contributed by atoms with Gasteiger partial charge in [0.05, 0.1) is 18.7 Å². The standard InChI is InChI=1S/C28H26ClNO5/c1-3-14-30-25(24(27(32)28(30)33)26(31)20-10-7-11-21(29)15-20)19-12-13-22(34-2)23(16-19)35-17-18-8-5-4-6-9-18/h4-13,15-16,25,31H,3,14,17H2,1-2H3/b26-24-. The maximum absolute atomic E-state index is 13.1. The summed E-state index contributed by atoms with van der Waals surface area (Å²) < 4.78 is 11.5. The first-order valence-electron chi connectivity index (χ1n) is 11.3. The van der Waals surface area contributed by atoms with Gasteiger partial charge in [0.15, 0.2) is 11.5 Å². The van der Waals surface area contributed by atoms with Crippen LogP contribution in [0.2, 0.25) is 5.02 Å². The number of methoxy groups -OCH3 is 1. The molecule has 1 unspecified atom stereocenters. The van der Waals surface area contributed by atoms with E-state index >= 15 is 0 Å². The van der Waals surface area contributed by atoms with E-state index in [1.54, 1.807) is 49.6 Å². The van der Waals surface area contributed by atoms with Crippen molar-refractivity contribution in [3.05, 3.63) is 100 Å². The minimum atomic E-state index is -0.779. The SMILES string of the molecule is CCCN1C(=O)C(=O)/C(=C(\O)c2cccc(Cl)c2)C1c1ccc(OC)c(OCc2ccccc2)c1. The summed E-state index contributed by atoms with van der Waals surface area (Å²) in [5, 5.41) is 11.5. The number of aliphatic hydroxyl groups is 1. The first kappa shape index (κ1) is 24.4. The van der Waals surface area contributed by atoms with Crippen molar-refractivity contribution in [1.82, 2.24) is 4.90 Å². The van der Waals surface area contributed by atoms with Crippen LogP contribution in [0.15, 0.2) is 78.4 Å². The topological polar surface area (TPSA) is 76.1 Å². The molecule has 0 radical (unpaired) electrons. The van der Waals surface area contributed by atoms with Crippen molar-refractivity contribution in [2.75, 3.05) is 13.7 Å². The van der Waals surface area contributed by atoms with Crippen LogP contribution in [0.4, 0.5) is 0 Å². The predicted molar refractivity (Wildman–Crippen MR) is 135 cm³/mol. The van der Waals surface area contributed by atoms with E-state index in [0.717, 1.165) is 5.56 Å². The number of Topliss-reactive ketones (excluding diaryl/α,β-unsaturated/α-hetero) is 1. The molecule has 0 aromatic heterocycles. The highest BCUT2D eigenvalue weighted by Crippen LogP contribution is 2.42. The number of ether oxygens (including phenoxy) is 2. The maximum atomic E-state index is 13.1. The van der Waals surface area contributed by atoms with Crippen LogP contribution in [0.3, 0.4) is 0 Å². The molecule has 1 saturated heterocycles. The lowest BCUT2D eigenvalue weighted by molar-refractivity contribution is -0.139. The number of likely N-dealkylation sites (tertiary alicyclic amines) is 1. The summed E-state index contributed by atoms with van der Waals surface area (Å²) in [5.41, 5.74) is 2.00. The molecule has 6 nitrogen and oxygen atoms in total. The van der Waals surface area contributed by atoms with Crippen LogP contribution >= 0.6 is 11.6 Å². The van der Waals surface area contributed by atoms with Crippen molar-refractivity contribution in [2.24, 2.45) is 0 Å². The second-order valence-corrected chi connectivity index (χ2v) is 8.62. The van der Waals surface area contributed by atoms with E-state index in [4.69, 9.17) is 21.1 Å². The van der Waals surface area contributed by atoms with E-state index in [0.29, 0.717) is 47.2 Å². The van der Waals surface area contributed by atoms with Crippen molar-refractivity contribution < 1.29 is 24.2 Å². The number of aliphatic hydroxyl groups excluding tert-OH is 1. The van der Waals surface area contributed by atoms with Crippen LogP contribution < -0.4 is 9.47 Å². The molecular weight excluding hydrogens is 466 g/mol. The Morgan fingerprint density at radius 2 is 1.77 bits per heavy atom. The highest BCUT2D eigenvalue weighted by atomic mass is 35.5. The van der Waals surface area contributed by atoms with Gasteiger partial charge in [-0.25, -0.2) is 0 Å². The fourth-order valence-electron chi connectivity index (χ4n) is 4.20. The molecule has 0 aliphatic carbocycles. The van der Waals surface area contributed by atoms with Gasteiger partial charge in [-0.1, -0.05) is 67.1 Å². The highest BCUT2D eigenvalue weighted by molar-refractivity contribution is 6.46. The van der Waals surface area contributed by atoms with E-state index in [1.807, 2.05) is 37.3 Å². The molecule has 3 aromatic carbocycles. The van der Waals surface area contributed by atoms with E-state index in [2.05, 4.69) is 0 Å². The van der Waals surface area contributed by atoms with Crippen LogP contribution in [0.1, 0.15) is 36.1 Å². The van der Waals surface area contributed by atoms with Crippen molar-refractivity contribution in [3.63, 3.8) is 0 Å². The predicted octanol–water partition coefficient (Wildman–Crippen LogP) is 5.76. The lowest BCUT2D eigenvalue weighted by Crippen LogP contribution is -2.30. The number of amides is 1. The Morgan fingerprint density at radius 1 is 1.00 bits per heavy atom. The summed E-state index contributed by atoms with van der Waals surface area (Å²) in [5.74, 6) is -0.658. The number of hydrogen-bond acceptors (Lipinski definition) is 5. The first-order chi connectivity index (χ1) is 16.9. The van der Waals surface area contributed by atoms with Gasteiger partial charge in [-0.3, -0.25) is 9.59 Å². The van der Waals surface area contributed by atoms with Crippen molar-refractivity contribution in [3.8, 4) is 11.5 Å². The minimum absolute atomic E-state index is 0.0184. The summed E-state index contributed by atoms with van der Waals surface area (Å²) in [7, 11) is 1.55. The number of carbonyl (C=O) groups excluding carboxylic acids is 2. The van der Waals surface area contributed by atoms with Gasteiger partial charge in [-0.05, 0) is 41.8 Å². The smallest absolute Gasteiger partial charge is 0.295 e. The molecule has 0 bridgehead atoms. The summed E-state index contributed by atoms with van der Waals surface area (Å²) >= 11 is 6.11. The average Bonchev–Trinajstić information content (AvgIpc) is 3.12. The molecule has 1 aliphatic rings. The zero-order valence-corrected chi connectivity index (χ0v) is 20.3. The zero-order valence-electron chi connectivity index (χ0n) is 19.5. The molecule has 0 spiro atoms. The quantitative estimate of drug-likeness (QED) is 0.246. The average molecular weight is 492 g/mol. The van der Waals surface area contributed by atoms with Gasteiger partial charge in [-0.2, -0.15) is 0 Å². The molecule has 3 aromatic rings. The largest absolute Gasteiger partial charge is 0.507 e. The van der Waals surface area contributed by atoms with Gasteiger partial charge in [0.2, 0.25) is 0 Å². The van der Waals surface area contributed by atoms with Crippen LogP contribution in [-0.2, 0) is 16.2 Å². The molecule has 1 heterocycles. The third-order valence-electron chi connectivity index (χ3n) is 5.84. The Hall–Kier alpha value is -3.77. The summed E-state index contributed by atoms with van der Waals surface area (Å²) in [4.78, 5) is 27.5. The third-order valence-corrected chi connectivity index (χ3v) is 6.08. The molecular formula is C28H26ClNO5. The van der Waals surface area contributed by atoms with E-state index in [-0.39, 0.29) is 11.3 Å². The van der Waals surface area contributed by atoms with E-state index < -0.39 is 17.7 Å². The zero-order chi connectivity index (χ0) is 24.9.